The van der Waals surface area contributed by atoms with E-state index in [4.69, 9.17) is 21.1 Å². The van der Waals surface area contributed by atoms with E-state index >= 15 is 0 Å². The van der Waals surface area contributed by atoms with E-state index in [1.165, 1.54) is 0 Å². The molecule has 0 bridgehead atoms. The normalized spacial score (nSPS) is 11.1. The minimum absolute atomic E-state index is 0.171. The molecule has 0 radical (unpaired) electrons. The predicted octanol–water partition coefficient (Wildman–Crippen LogP) is 6.29. The molecule has 2 heterocycles. The van der Waals surface area contributed by atoms with Gasteiger partial charge < -0.3 is 14.2 Å². The van der Waals surface area contributed by atoms with E-state index in [1.807, 2.05) is 69.3 Å². The highest BCUT2D eigenvalue weighted by molar-refractivity contribution is 7.80. The molecule has 6 nitrogen and oxygen atoms in total. The van der Waals surface area contributed by atoms with E-state index in [2.05, 4.69) is 21.7 Å². The van der Waals surface area contributed by atoms with Gasteiger partial charge in [0.25, 0.3) is 5.91 Å². The molecular formula is C26H21N3O3S. The Morgan fingerprint density at radius 2 is 1.76 bits per heavy atom. The molecule has 0 atom stereocenters. The van der Waals surface area contributed by atoms with E-state index < -0.39 is 5.91 Å². The van der Waals surface area contributed by atoms with E-state index in [9.17, 15) is 4.79 Å². The average molecular weight is 456 g/mol. The molecule has 2 N–H and O–H groups in total. The Labute approximate surface area is 195 Å². The molecule has 2 aromatic heterocycles. The number of rotatable bonds is 3. The van der Waals surface area contributed by atoms with Crippen LogP contribution in [0.4, 0.5) is 5.69 Å². The van der Waals surface area contributed by atoms with Gasteiger partial charge in [-0.15, -0.1) is 0 Å². The number of carbonyl (C=O) groups is 1. The molecule has 164 valence electrons. The van der Waals surface area contributed by atoms with Crippen molar-refractivity contribution in [2.75, 3.05) is 5.32 Å². The minimum atomic E-state index is -0.415. The van der Waals surface area contributed by atoms with Crippen molar-refractivity contribution in [2.45, 2.75) is 20.8 Å². The van der Waals surface area contributed by atoms with Gasteiger partial charge in [0.1, 0.15) is 11.1 Å². The quantitative estimate of drug-likeness (QED) is 0.311. The third kappa shape index (κ3) is 4.10. The number of thiocarbonyl (C=S) groups is 1. The summed E-state index contributed by atoms with van der Waals surface area (Å²) in [5.74, 6) is 0.309. The number of aromatic nitrogens is 1. The molecule has 0 aliphatic carbocycles. The summed E-state index contributed by atoms with van der Waals surface area (Å²) in [5, 5.41) is 6.80. The lowest BCUT2D eigenvalue weighted by Crippen LogP contribution is -2.34. The Balaban J connectivity index is 1.36. The lowest BCUT2D eigenvalue weighted by atomic mass is 10.1. The highest BCUT2D eigenvalue weighted by Gasteiger charge is 2.16. The first kappa shape index (κ1) is 20.9. The van der Waals surface area contributed by atoms with Crippen molar-refractivity contribution >= 4 is 51.0 Å². The van der Waals surface area contributed by atoms with Crippen LogP contribution >= 0.6 is 12.2 Å². The fourth-order valence-electron chi connectivity index (χ4n) is 3.80. The molecule has 0 saturated carbocycles. The number of para-hydroxylation sites is 1. The highest BCUT2D eigenvalue weighted by Crippen LogP contribution is 2.30. The summed E-state index contributed by atoms with van der Waals surface area (Å²) < 4.78 is 11.6. The summed E-state index contributed by atoms with van der Waals surface area (Å²) in [6.07, 6.45) is 0. The zero-order valence-electron chi connectivity index (χ0n) is 18.4. The lowest BCUT2D eigenvalue weighted by Gasteiger charge is -2.12. The summed E-state index contributed by atoms with van der Waals surface area (Å²) in [6, 6.07) is 19.0. The number of furan rings is 1. The van der Waals surface area contributed by atoms with Crippen LogP contribution < -0.4 is 10.6 Å². The summed E-state index contributed by atoms with van der Waals surface area (Å²) in [4.78, 5) is 17.2. The van der Waals surface area contributed by atoms with Crippen molar-refractivity contribution in [3.63, 3.8) is 0 Å². The van der Waals surface area contributed by atoms with Crippen molar-refractivity contribution in [3.05, 3.63) is 83.1 Å². The van der Waals surface area contributed by atoms with Crippen LogP contribution in [0.1, 0.15) is 27.2 Å². The fourth-order valence-corrected chi connectivity index (χ4v) is 4.00. The van der Waals surface area contributed by atoms with E-state index in [-0.39, 0.29) is 10.9 Å². The molecule has 0 spiro atoms. The molecule has 5 aromatic rings. The number of benzene rings is 3. The molecule has 0 fully saturated rings. The molecule has 0 unspecified atom stereocenters. The number of hydrogen-bond donors (Lipinski definition) is 2. The smallest absolute Gasteiger partial charge is 0.293 e. The number of aryl methyl sites for hydroxylation is 3. The summed E-state index contributed by atoms with van der Waals surface area (Å²) in [5.41, 5.74) is 6.95. The van der Waals surface area contributed by atoms with Gasteiger partial charge >= 0.3 is 0 Å². The summed E-state index contributed by atoms with van der Waals surface area (Å²) in [7, 11) is 0. The second kappa shape index (κ2) is 8.18. The Hall–Kier alpha value is -3.97. The maximum Gasteiger partial charge on any atom is 0.293 e. The van der Waals surface area contributed by atoms with Crippen molar-refractivity contribution in [1.29, 1.82) is 0 Å². The zero-order chi connectivity index (χ0) is 23.1. The maximum absolute atomic E-state index is 12.6. The third-order valence-corrected chi connectivity index (χ3v) is 5.63. The number of nitrogens with zero attached hydrogens (tertiary/aromatic N) is 1. The third-order valence-electron chi connectivity index (χ3n) is 5.43. The first-order valence-corrected chi connectivity index (χ1v) is 10.9. The van der Waals surface area contributed by atoms with Gasteiger partial charge in [0.05, 0.1) is 0 Å². The lowest BCUT2D eigenvalue weighted by molar-refractivity contribution is 0.0953. The number of oxazole rings is 1. The monoisotopic (exact) mass is 455 g/mol. The Kier molecular flexibility index (Phi) is 5.18. The van der Waals surface area contributed by atoms with Crippen LogP contribution in [0, 0.1) is 20.8 Å². The minimum Gasteiger partial charge on any atom is -0.451 e. The van der Waals surface area contributed by atoms with Gasteiger partial charge in [0.2, 0.25) is 5.89 Å². The SMILES string of the molecule is Cc1cc(C)c2oc(-c3ccc(C)c(NC(=S)NC(=O)c4cc5ccccc5o4)c3)nc2c1. The number of nitrogens with one attached hydrogen (secondary N) is 2. The van der Waals surface area contributed by atoms with Gasteiger partial charge in [0, 0.05) is 16.6 Å². The van der Waals surface area contributed by atoms with Gasteiger partial charge in [-0.2, -0.15) is 0 Å². The van der Waals surface area contributed by atoms with Crippen molar-refractivity contribution in [1.82, 2.24) is 10.3 Å². The first-order chi connectivity index (χ1) is 15.9. The van der Waals surface area contributed by atoms with Crippen LogP contribution in [0.3, 0.4) is 0 Å². The summed E-state index contributed by atoms with van der Waals surface area (Å²) in [6.45, 7) is 6.00. The zero-order valence-corrected chi connectivity index (χ0v) is 19.2. The van der Waals surface area contributed by atoms with E-state index in [0.717, 1.165) is 44.4 Å². The van der Waals surface area contributed by atoms with Gasteiger partial charge in [-0.1, -0.05) is 30.3 Å². The largest absolute Gasteiger partial charge is 0.451 e. The second-order valence-corrected chi connectivity index (χ2v) is 8.44. The Bertz CT molecular complexity index is 1510. The molecule has 0 saturated heterocycles. The Morgan fingerprint density at radius 1 is 0.939 bits per heavy atom. The van der Waals surface area contributed by atoms with Gasteiger partial charge in [-0.05, 0) is 80.0 Å². The highest BCUT2D eigenvalue weighted by atomic mass is 32.1. The second-order valence-electron chi connectivity index (χ2n) is 8.04. The average Bonchev–Trinajstić information content (AvgIpc) is 3.39. The maximum atomic E-state index is 12.6. The number of hydrogen-bond acceptors (Lipinski definition) is 5. The molecule has 7 heteroatoms. The standard InChI is InChI=1S/C26H21N3O3S/c1-14-10-16(3)23-20(11-14)27-25(32-23)18-9-8-15(2)19(12-18)28-26(33)29-24(30)22-13-17-6-4-5-7-21(17)31-22/h4-13H,1-3H3,(H2,28,29,30,33). The predicted molar refractivity (Wildman–Crippen MR) is 134 cm³/mol. The molecular weight excluding hydrogens is 434 g/mol. The van der Waals surface area contributed by atoms with Gasteiger partial charge in [0.15, 0.2) is 16.5 Å². The van der Waals surface area contributed by atoms with Crippen LogP contribution in [-0.4, -0.2) is 16.0 Å². The fraction of sp³-hybridized carbons (Fsp3) is 0.115. The van der Waals surface area contributed by atoms with E-state index in [0.29, 0.717) is 11.5 Å². The molecule has 0 aliphatic rings. The molecule has 3 aromatic carbocycles. The molecule has 0 aliphatic heterocycles. The van der Waals surface area contributed by atoms with Crippen LogP contribution in [0.2, 0.25) is 0 Å². The van der Waals surface area contributed by atoms with Crippen LogP contribution in [0.25, 0.3) is 33.5 Å². The first-order valence-electron chi connectivity index (χ1n) is 10.5. The van der Waals surface area contributed by atoms with Crippen LogP contribution in [0.5, 0.6) is 0 Å². The van der Waals surface area contributed by atoms with E-state index in [1.54, 1.807) is 6.07 Å². The van der Waals surface area contributed by atoms with Crippen molar-refractivity contribution < 1.29 is 13.6 Å². The molecule has 33 heavy (non-hydrogen) atoms. The number of anilines is 1. The van der Waals surface area contributed by atoms with Crippen molar-refractivity contribution in [2.24, 2.45) is 0 Å². The van der Waals surface area contributed by atoms with Crippen LogP contribution in [0.15, 0.2) is 69.5 Å². The van der Waals surface area contributed by atoms with Gasteiger partial charge in [-0.25, -0.2) is 4.98 Å². The van der Waals surface area contributed by atoms with Crippen molar-refractivity contribution in [3.8, 4) is 11.5 Å². The number of carbonyl (C=O) groups excluding carboxylic acids is 1. The number of fused-ring (bicyclic) bond motifs is 2. The summed E-state index contributed by atoms with van der Waals surface area (Å²) >= 11 is 5.37. The number of amides is 1. The Morgan fingerprint density at radius 3 is 2.58 bits per heavy atom. The van der Waals surface area contributed by atoms with Crippen LogP contribution in [-0.2, 0) is 0 Å². The molecule has 1 amide bonds. The molecule has 5 rings (SSSR count). The topological polar surface area (TPSA) is 80.3 Å². The van der Waals surface area contributed by atoms with Gasteiger partial charge in [-0.3, -0.25) is 10.1 Å².